The van der Waals surface area contributed by atoms with Crippen molar-refractivity contribution in [3.05, 3.63) is 23.3 Å². The van der Waals surface area contributed by atoms with Gasteiger partial charge in [-0.3, -0.25) is 0 Å². The van der Waals surface area contributed by atoms with E-state index in [4.69, 9.17) is 9.84 Å². The van der Waals surface area contributed by atoms with Crippen molar-refractivity contribution in [1.82, 2.24) is 0 Å². The van der Waals surface area contributed by atoms with Crippen molar-refractivity contribution in [2.45, 2.75) is 13.8 Å². The summed E-state index contributed by atoms with van der Waals surface area (Å²) in [7, 11) is 0. The second-order valence-electron chi connectivity index (χ2n) is 2.83. The van der Waals surface area contributed by atoms with Gasteiger partial charge in [0.1, 0.15) is 0 Å². The number of phenols is 2. The first-order valence-electron chi connectivity index (χ1n) is 4.26. The van der Waals surface area contributed by atoms with Crippen molar-refractivity contribution >= 4 is 5.97 Å². The van der Waals surface area contributed by atoms with Crippen LogP contribution in [0.5, 0.6) is 11.5 Å². The molecule has 1 aromatic rings. The number of phenolic OH excluding ortho intramolecular Hbond substituents is 2. The molecule has 0 aromatic heterocycles. The van der Waals surface area contributed by atoms with E-state index in [2.05, 4.69) is 0 Å². The molecule has 0 saturated carbocycles. The molecule has 0 unspecified atom stereocenters. The minimum absolute atomic E-state index is 0.240. The van der Waals surface area contributed by atoms with E-state index in [1.54, 1.807) is 13.8 Å². The molecule has 4 heteroatoms. The summed E-state index contributed by atoms with van der Waals surface area (Å²) in [4.78, 5) is 11.3. The molecule has 1 aromatic carbocycles. The molecule has 0 heterocycles. The van der Waals surface area contributed by atoms with Gasteiger partial charge in [0, 0.05) is 5.56 Å². The maximum atomic E-state index is 11.3. The summed E-state index contributed by atoms with van der Waals surface area (Å²) in [6, 6.07) is 2.68. The Morgan fingerprint density at radius 1 is 1.43 bits per heavy atom. The zero-order valence-electron chi connectivity index (χ0n) is 8.07. The number of esters is 1. The lowest BCUT2D eigenvalue weighted by atomic mass is 10.1. The van der Waals surface area contributed by atoms with Crippen LogP contribution in [0.1, 0.15) is 22.8 Å². The van der Waals surface area contributed by atoms with Gasteiger partial charge in [0.15, 0.2) is 11.5 Å². The van der Waals surface area contributed by atoms with E-state index in [0.29, 0.717) is 5.56 Å². The number of carbonyl (C=O) groups is 1. The lowest BCUT2D eigenvalue weighted by Gasteiger charge is -2.07. The van der Waals surface area contributed by atoms with E-state index in [0.717, 1.165) is 0 Å². The second kappa shape index (κ2) is 4.00. The summed E-state index contributed by atoms with van der Waals surface area (Å²) >= 11 is 0. The van der Waals surface area contributed by atoms with Crippen LogP contribution in [0.25, 0.3) is 0 Å². The third kappa shape index (κ3) is 1.79. The van der Waals surface area contributed by atoms with E-state index in [1.165, 1.54) is 12.1 Å². The largest absolute Gasteiger partial charge is 0.504 e. The summed E-state index contributed by atoms with van der Waals surface area (Å²) in [5.74, 6) is -1.02. The van der Waals surface area contributed by atoms with Gasteiger partial charge in [0.2, 0.25) is 0 Å². The van der Waals surface area contributed by atoms with Gasteiger partial charge in [-0.1, -0.05) is 0 Å². The molecular formula is C10H12O4. The quantitative estimate of drug-likeness (QED) is 0.556. The number of hydrogen-bond acceptors (Lipinski definition) is 4. The Morgan fingerprint density at radius 2 is 2.07 bits per heavy atom. The zero-order chi connectivity index (χ0) is 10.7. The molecule has 76 valence electrons. The number of rotatable bonds is 2. The summed E-state index contributed by atoms with van der Waals surface area (Å²) in [5.41, 5.74) is 0.589. The molecular weight excluding hydrogens is 184 g/mol. The number of carbonyl (C=O) groups excluding carboxylic acids is 1. The fourth-order valence-electron chi connectivity index (χ4n) is 1.12. The van der Waals surface area contributed by atoms with Crippen molar-refractivity contribution in [2.75, 3.05) is 6.61 Å². The average molecular weight is 196 g/mol. The number of aromatic hydroxyl groups is 2. The fraction of sp³-hybridized carbons (Fsp3) is 0.300. The molecule has 0 radical (unpaired) electrons. The van der Waals surface area contributed by atoms with E-state index >= 15 is 0 Å². The minimum Gasteiger partial charge on any atom is -0.504 e. The third-order valence-corrected chi connectivity index (χ3v) is 1.91. The summed E-state index contributed by atoms with van der Waals surface area (Å²) < 4.78 is 4.77. The topological polar surface area (TPSA) is 66.8 Å². The Balaban J connectivity index is 3.11. The maximum absolute atomic E-state index is 11.3. The van der Waals surface area contributed by atoms with E-state index < -0.39 is 5.97 Å². The molecule has 14 heavy (non-hydrogen) atoms. The minimum atomic E-state index is -0.500. The Hall–Kier alpha value is -1.71. The van der Waals surface area contributed by atoms with Gasteiger partial charge in [-0.05, 0) is 26.0 Å². The molecule has 2 N–H and O–H groups in total. The van der Waals surface area contributed by atoms with E-state index in [9.17, 15) is 9.90 Å². The van der Waals surface area contributed by atoms with Crippen LogP contribution in [-0.2, 0) is 4.74 Å². The SMILES string of the molecule is CCOC(=O)c1ccc(O)c(O)c1C. The molecule has 0 bridgehead atoms. The summed E-state index contributed by atoms with van der Waals surface area (Å²) in [6.07, 6.45) is 0. The van der Waals surface area contributed by atoms with Gasteiger partial charge in [0.05, 0.1) is 12.2 Å². The first-order chi connectivity index (χ1) is 6.57. The Kier molecular flexibility index (Phi) is 2.96. The molecule has 0 saturated heterocycles. The van der Waals surface area contributed by atoms with Gasteiger partial charge >= 0.3 is 5.97 Å². The first-order valence-corrected chi connectivity index (χ1v) is 4.26. The van der Waals surface area contributed by atoms with E-state index in [1.807, 2.05) is 0 Å². The third-order valence-electron chi connectivity index (χ3n) is 1.91. The van der Waals surface area contributed by atoms with Crippen LogP contribution in [-0.4, -0.2) is 22.8 Å². The van der Waals surface area contributed by atoms with Gasteiger partial charge in [0.25, 0.3) is 0 Å². The molecule has 0 fully saturated rings. The monoisotopic (exact) mass is 196 g/mol. The predicted molar refractivity (Wildman–Crippen MR) is 50.5 cm³/mol. The normalized spacial score (nSPS) is 9.86. The van der Waals surface area contributed by atoms with Crippen molar-refractivity contribution < 1.29 is 19.7 Å². The highest BCUT2D eigenvalue weighted by Gasteiger charge is 2.14. The van der Waals surface area contributed by atoms with Gasteiger partial charge in [-0.25, -0.2) is 4.79 Å². The molecule has 0 amide bonds. The highest BCUT2D eigenvalue weighted by Crippen LogP contribution is 2.30. The van der Waals surface area contributed by atoms with Crippen molar-refractivity contribution in [3.8, 4) is 11.5 Å². The van der Waals surface area contributed by atoms with Crippen LogP contribution in [0.15, 0.2) is 12.1 Å². The zero-order valence-corrected chi connectivity index (χ0v) is 8.07. The summed E-state index contributed by atoms with van der Waals surface area (Å²) in [6.45, 7) is 3.52. The maximum Gasteiger partial charge on any atom is 0.338 e. The molecule has 0 atom stereocenters. The highest BCUT2D eigenvalue weighted by molar-refractivity contribution is 5.92. The highest BCUT2D eigenvalue weighted by atomic mass is 16.5. The Morgan fingerprint density at radius 3 is 2.64 bits per heavy atom. The molecule has 4 nitrogen and oxygen atoms in total. The van der Waals surface area contributed by atoms with Crippen LogP contribution in [0.2, 0.25) is 0 Å². The van der Waals surface area contributed by atoms with Crippen LogP contribution < -0.4 is 0 Å². The van der Waals surface area contributed by atoms with Gasteiger partial charge in [-0.2, -0.15) is 0 Å². The van der Waals surface area contributed by atoms with Crippen molar-refractivity contribution in [2.24, 2.45) is 0 Å². The lowest BCUT2D eigenvalue weighted by molar-refractivity contribution is 0.0525. The van der Waals surface area contributed by atoms with Gasteiger partial charge in [-0.15, -0.1) is 0 Å². The molecule has 0 aliphatic heterocycles. The lowest BCUT2D eigenvalue weighted by Crippen LogP contribution is -2.06. The molecule has 0 aliphatic rings. The number of hydrogen-bond donors (Lipinski definition) is 2. The van der Waals surface area contributed by atoms with Crippen LogP contribution in [0.4, 0.5) is 0 Å². The van der Waals surface area contributed by atoms with Gasteiger partial charge < -0.3 is 14.9 Å². The van der Waals surface area contributed by atoms with Crippen LogP contribution >= 0.6 is 0 Å². The second-order valence-corrected chi connectivity index (χ2v) is 2.83. The van der Waals surface area contributed by atoms with Crippen molar-refractivity contribution in [1.29, 1.82) is 0 Å². The smallest absolute Gasteiger partial charge is 0.338 e. The van der Waals surface area contributed by atoms with Crippen LogP contribution in [0, 0.1) is 6.92 Å². The Labute approximate surface area is 81.8 Å². The average Bonchev–Trinajstić information content (AvgIpc) is 2.15. The van der Waals surface area contributed by atoms with Crippen LogP contribution in [0.3, 0.4) is 0 Å². The number of benzene rings is 1. The summed E-state index contributed by atoms with van der Waals surface area (Å²) in [5, 5.41) is 18.5. The van der Waals surface area contributed by atoms with Crippen molar-refractivity contribution in [3.63, 3.8) is 0 Å². The molecule has 0 aliphatic carbocycles. The molecule has 0 spiro atoms. The fourth-order valence-corrected chi connectivity index (χ4v) is 1.12. The standard InChI is InChI=1S/C10H12O4/c1-3-14-10(13)7-4-5-8(11)9(12)6(7)2/h4-5,11-12H,3H2,1-2H3. The Bertz CT molecular complexity index is 357. The predicted octanol–water partition coefficient (Wildman–Crippen LogP) is 1.58. The first kappa shape index (κ1) is 10.4. The van der Waals surface area contributed by atoms with E-state index in [-0.39, 0.29) is 23.7 Å². The molecule has 1 rings (SSSR count). The number of ether oxygens (including phenoxy) is 1.